The monoisotopic (exact) mass is 292 g/mol. The summed E-state index contributed by atoms with van der Waals surface area (Å²) < 4.78 is 10.5. The molecule has 2 aromatic rings. The summed E-state index contributed by atoms with van der Waals surface area (Å²) in [4.78, 5) is 14.9. The van der Waals surface area contributed by atoms with Crippen LogP contribution in [-0.2, 0) is 11.2 Å². The second-order valence-electron chi connectivity index (χ2n) is 4.23. The minimum Gasteiger partial charge on any atom is -0.481 e. The van der Waals surface area contributed by atoms with E-state index in [4.69, 9.17) is 14.6 Å². The van der Waals surface area contributed by atoms with Crippen molar-refractivity contribution in [3.05, 3.63) is 29.3 Å². The van der Waals surface area contributed by atoms with Crippen LogP contribution in [0.3, 0.4) is 0 Å². The van der Waals surface area contributed by atoms with Crippen molar-refractivity contribution >= 4 is 28.1 Å². The number of thiazole rings is 1. The molecule has 0 amide bonds. The molecule has 104 valence electrons. The maximum Gasteiger partial charge on any atom is 0.303 e. The summed E-state index contributed by atoms with van der Waals surface area (Å²) in [5, 5.41) is 14.4. The topological polar surface area (TPSA) is 80.7 Å². The van der Waals surface area contributed by atoms with Crippen molar-refractivity contribution in [3.8, 4) is 11.5 Å². The molecule has 0 unspecified atom stereocenters. The molecule has 1 aliphatic rings. The van der Waals surface area contributed by atoms with Gasteiger partial charge in [0.15, 0.2) is 16.6 Å². The van der Waals surface area contributed by atoms with Gasteiger partial charge in [-0.1, -0.05) is 0 Å². The highest BCUT2D eigenvalue weighted by atomic mass is 32.1. The van der Waals surface area contributed by atoms with E-state index in [1.165, 1.54) is 11.3 Å². The van der Waals surface area contributed by atoms with Gasteiger partial charge in [0.25, 0.3) is 0 Å². The van der Waals surface area contributed by atoms with Gasteiger partial charge in [-0.15, -0.1) is 11.3 Å². The summed E-state index contributed by atoms with van der Waals surface area (Å²) in [5.41, 5.74) is 1.63. The summed E-state index contributed by atoms with van der Waals surface area (Å²) in [7, 11) is 0. The lowest BCUT2D eigenvalue weighted by Crippen LogP contribution is -1.98. The summed E-state index contributed by atoms with van der Waals surface area (Å²) in [5.74, 6) is 0.623. The molecule has 1 aromatic heterocycles. The molecule has 6 nitrogen and oxygen atoms in total. The molecule has 3 rings (SSSR count). The molecule has 1 aliphatic heterocycles. The molecule has 0 atom stereocenters. The second kappa shape index (κ2) is 5.38. The first kappa shape index (κ1) is 12.7. The normalized spacial score (nSPS) is 12.4. The average Bonchev–Trinajstić information content (AvgIpc) is 3.04. The molecular weight excluding hydrogens is 280 g/mol. The lowest BCUT2D eigenvalue weighted by molar-refractivity contribution is -0.136. The Labute approximate surface area is 119 Å². The average molecular weight is 292 g/mol. The molecule has 0 bridgehead atoms. The van der Waals surface area contributed by atoms with Crippen LogP contribution in [0, 0.1) is 0 Å². The molecular formula is C13H12N2O4S. The van der Waals surface area contributed by atoms with E-state index in [1.807, 2.05) is 23.6 Å². The zero-order chi connectivity index (χ0) is 13.9. The number of carbonyl (C=O) groups is 1. The highest BCUT2D eigenvalue weighted by molar-refractivity contribution is 7.13. The number of ether oxygens (including phenoxy) is 2. The fourth-order valence-corrected chi connectivity index (χ4v) is 2.58. The zero-order valence-electron chi connectivity index (χ0n) is 10.5. The van der Waals surface area contributed by atoms with E-state index in [1.54, 1.807) is 0 Å². The van der Waals surface area contributed by atoms with E-state index >= 15 is 0 Å². The third-order valence-corrected chi connectivity index (χ3v) is 3.58. The number of aryl methyl sites for hydroxylation is 1. The molecule has 2 N–H and O–H groups in total. The lowest BCUT2D eigenvalue weighted by atomic mass is 10.2. The van der Waals surface area contributed by atoms with Gasteiger partial charge in [-0.3, -0.25) is 4.79 Å². The predicted octanol–water partition coefficient (Wildman–Crippen LogP) is 2.63. The number of rotatable bonds is 5. The van der Waals surface area contributed by atoms with Gasteiger partial charge >= 0.3 is 5.97 Å². The van der Waals surface area contributed by atoms with Gasteiger partial charge in [0.2, 0.25) is 6.79 Å². The van der Waals surface area contributed by atoms with Crippen LogP contribution in [0.15, 0.2) is 23.6 Å². The van der Waals surface area contributed by atoms with Crippen LogP contribution < -0.4 is 14.8 Å². The zero-order valence-corrected chi connectivity index (χ0v) is 11.3. The Kier molecular flexibility index (Phi) is 3.42. The maximum atomic E-state index is 10.5. The summed E-state index contributed by atoms with van der Waals surface area (Å²) in [6.07, 6.45) is 0.530. The van der Waals surface area contributed by atoms with Gasteiger partial charge < -0.3 is 19.9 Å². The molecule has 0 fully saturated rings. The quantitative estimate of drug-likeness (QED) is 0.881. The Bertz CT molecular complexity index is 641. The van der Waals surface area contributed by atoms with Crippen molar-refractivity contribution in [2.75, 3.05) is 12.1 Å². The molecule has 7 heteroatoms. The first-order valence-electron chi connectivity index (χ1n) is 6.03. The third-order valence-electron chi connectivity index (χ3n) is 2.77. The molecule has 0 spiro atoms. The maximum absolute atomic E-state index is 10.5. The number of benzene rings is 1. The summed E-state index contributed by atoms with van der Waals surface area (Å²) >= 11 is 1.44. The number of carboxylic acid groups (broad SMARTS) is 1. The number of aromatic nitrogens is 1. The summed E-state index contributed by atoms with van der Waals surface area (Å²) in [6, 6.07) is 5.57. The van der Waals surface area contributed by atoms with E-state index in [-0.39, 0.29) is 13.2 Å². The van der Waals surface area contributed by atoms with E-state index in [2.05, 4.69) is 10.3 Å². The number of hydrogen-bond acceptors (Lipinski definition) is 6. The Hall–Kier alpha value is -2.28. The first-order chi connectivity index (χ1) is 9.70. The smallest absolute Gasteiger partial charge is 0.303 e. The van der Waals surface area contributed by atoms with E-state index < -0.39 is 5.97 Å². The van der Waals surface area contributed by atoms with Crippen LogP contribution in [0.4, 0.5) is 10.8 Å². The van der Waals surface area contributed by atoms with Gasteiger partial charge in [-0.25, -0.2) is 4.98 Å². The summed E-state index contributed by atoms with van der Waals surface area (Å²) in [6.45, 7) is 0.245. The van der Waals surface area contributed by atoms with Gasteiger partial charge in [0.05, 0.1) is 12.1 Å². The molecule has 0 saturated heterocycles. The number of nitrogens with zero attached hydrogens (tertiary/aromatic N) is 1. The minimum absolute atomic E-state index is 0.0905. The number of nitrogens with one attached hydrogen (secondary N) is 1. The number of hydrogen-bond donors (Lipinski definition) is 2. The Morgan fingerprint density at radius 1 is 1.40 bits per heavy atom. The van der Waals surface area contributed by atoms with Gasteiger partial charge in [0, 0.05) is 23.6 Å². The van der Waals surface area contributed by atoms with Crippen molar-refractivity contribution in [1.29, 1.82) is 0 Å². The van der Waals surface area contributed by atoms with E-state index in [0.717, 1.165) is 22.3 Å². The van der Waals surface area contributed by atoms with Gasteiger partial charge in [0.1, 0.15) is 0 Å². The van der Waals surface area contributed by atoms with Crippen LogP contribution in [-0.4, -0.2) is 22.9 Å². The Morgan fingerprint density at radius 3 is 3.10 bits per heavy atom. The van der Waals surface area contributed by atoms with Crippen LogP contribution >= 0.6 is 11.3 Å². The number of aliphatic carboxylic acids is 1. The molecule has 1 aromatic carbocycles. The highest BCUT2D eigenvalue weighted by Crippen LogP contribution is 2.35. The minimum atomic E-state index is -0.816. The Balaban J connectivity index is 1.67. The van der Waals surface area contributed by atoms with Crippen LogP contribution in [0.25, 0.3) is 0 Å². The van der Waals surface area contributed by atoms with Crippen molar-refractivity contribution in [2.45, 2.75) is 12.8 Å². The number of fused-ring (bicyclic) bond motifs is 1. The lowest BCUT2D eigenvalue weighted by Gasteiger charge is -2.03. The van der Waals surface area contributed by atoms with Crippen LogP contribution in [0.2, 0.25) is 0 Å². The third kappa shape index (κ3) is 2.83. The van der Waals surface area contributed by atoms with E-state index in [9.17, 15) is 4.79 Å². The van der Waals surface area contributed by atoms with E-state index in [0.29, 0.717) is 12.2 Å². The predicted molar refractivity (Wildman–Crippen MR) is 73.9 cm³/mol. The first-order valence-corrected chi connectivity index (χ1v) is 6.91. The largest absolute Gasteiger partial charge is 0.481 e. The van der Waals surface area contributed by atoms with Crippen molar-refractivity contribution in [1.82, 2.24) is 4.98 Å². The fraction of sp³-hybridized carbons (Fsp3) is 0.231. The van der Waals surface area contributed by atoms with Crippen molar-refractivity contribution in [3.63, 3.8) is 0 Å². The van der Waals surface area contributed by atoms with Gasteiger partial charge in [-0.2, -0.15) is 0 Å². The molecule has 0 aliphatic carbocycles. The SMILES string of the molecule is O=C(O)CCc1csc(Nc2ccc3c(c2)OCO3)n1. The second-order valence-corrected chi connectivity index (χ2v) is 5.09. The van der Waals surface area contributed by atoms with Crippen LogP contribution in [0.1, 0.15) is 12.1 Å². The molecule has 2 heterocycles. The molecule has 0 saturated carbocycles. The molecule has 20 heavy (non-hydrogen) atoms. The standard InChI is InChI=1S/C13H12N2O4S/c16-12(17)4-2-9-6-20-13(15-9)14-8-1-3-10-11(5-8)19-7-18-10/h1,3,5-6H,2,4,7H2,(H,14,15)(H,16,17). The Morgan fingerprint density at radius 2 is 2.25 bits per heavy atom. The number of anilines is 2. The molecule has 0 radical (unpaired) electrons. The number of carboxylic acids is 1. The van der Waals surface area contributed by atoms with Gasteiger partial charge in [-0.05, 0) is 12.1 Å². The van der Waals surface area contributed by atoms with Crippen molar-refractivity contribution in [2.24, 2.45) is 0 Å². The highest BCUT2D eigenvalue weighted by Gasteiger charge is 2.13. The van der Waals surface area contributed by atoms with Crippen molar-refractivity contribution < 1.29 is 19.4 Å². The fourth-order valence-electron chi connectivity index (χ4n) is 1.81. The van der Waals surface area contributed by atoms with Crippen LogP contribution in [0.5, 0.6) is 11.5 Å².